The number of aromatic nitrogens is 3. The summed E-state index contributed by atoms with van der Waals surface area (Å²) in [6, 6.07) is 7.15. The normalized spacial score (nSPS) is 13.6. The molecule has 5 rings (SSSR count). The smallest absolute Gasteiger partial charge is 0.406 e. The maximum Gasteiger partial charge on any atom is 0.573 e. The minimum atomic E-state index is -4.96. The van der Waals surface area contributed by atoms with Crippen LogP contribution in [0, 0.1) is 18.6 Å². The summed E-state index contributed by atoms with van der Waals surface area (Å²) in [5.74, 6) is -3.93. The summed E-state index contributed by atoms with van der Waals surface area (Å²) in [5, 5.41) is 4.40. The highest BCUT2D eigenvalue weighted by Gasteiger charge is 2.40. The molecule has 0 atom stereocenters. The molecule has 7 nitrogen and oxygen atoms in total. The van der Waals surface area contributed by atoms with Gasteiger partial charge in [-0.05, 0) is 31.2 Å². The van der Waals surface area contributed by atoms with Gasteiger partial charge in [-0.25, -0.2) is 23.3 Å². The van der Waals surface area contributed by atoms with Crippen molar-refractivity contribution in [1.82, 2.24) is 14.8 Å². The van der Waals surface area contributed by atoms with Gasteiger partial charge in [-0.2, -0.15) is 5.10 Å². The van der Waals surface area contributed by atoms with E-state index in [1.807, 2.05) is 0 Å². The molecule has 1 aliphatic rings. The van der Waals surface area contributed by atoms with Crippen molar-refractivity contribution in [1.29, 1.82) is 0 Å². The third kappa shape index (κ3) is 3.43. The largest absolute Gasteiger partial charge is 0.573 e. The van der Waals surface area contributed by atoms with Crippen LogP contribution in [0.2, 0.25) is 0 Å². The molecule has 2 amide bonds. The lowest BCUT2D eigenvalue weighted by Crippen LogP contribution is -2.29. The fourth-order valence-electron chi connectivity index (χ4n) is 3.86. The van der Waals surface area contributed by atoms with Crippen LogP contribution in [0.5, 0.6) is 5.75 Å². The lowest BCUT2D eigenvalue weighted by Gasteiger charge is -2.15. The molecule has 0 bridgehead atoms. The minimum absolute atomic E-state index is 0.00804. The molecule has 2 aromatic carbocycles. The van der Waals surface area contributed by atoms with Crippen molar-refractivity contribution in [3.05, 3.63) is 77.1 Å². The Hall–Kier alpha value is -4.35. The SMILES string of the molecule is Cc1nn(-c2cc(F)cc(F)c2)c2ncc3c(c12)C(=O)N(c1cccc(OC(F)(F)F)c1)C3=O. The Bertz CT molecular complexity index is 1490. The quantitative estimate of drug-likeness (QED) is 0.318. The van der Waals surface area contributed by atoms with Crippen molar-refractivity contribution < 1.29 is 36.3 Å². The van der Waals surface area contributed by atoms with Crippen LogP contribution in [0.1, 0.15) is 26.4 Å². The standard InChI is InChI=1S/C22H11F5N4O3/c1-10-17-18-16(9-28-19(17)31(29-10)14-6-11(23)5-12(24)7-14)20(32)30(21(18)33)13-3-2-4-15(8-13)34-22(25,26)27/h2-9H,1H3. The summed E-state index contributed by atoms with van der Waals surface area (Å²) in [4.78, 5) is 31.2. The molecule has 0 N–H and O–H groups in total. The molecule has 0 aliphatic carbocycles. The van der Waals surface area contributed by atoms with Crippen LogP contribution in [0.15, 0.2) is 48.7 Å². The molecule has 4 aromatic rings. The molecule has 0 saturated heterocycles. The lowest BCUT2D eigenvalue weighted by molar-refractivity contribution is -0.274. The van der Waals surface area contributed by atoms with Gasteiger partial charge in [-0.1, -0.05) is 6.07 Å². The molecule has 0 saturated carbocycles. The summed E-state index contributed by atoms with van der Waals surface area (Å²) in [6.07, 6.45) is -3.85. The second-order valence-corrected chi connectivity index (χ2v) is 7.36. The minimum Gasteiger partial charge on any atom is -0.406 e. The Morgan fingerprint density at radius 2 is 1.65 bits per heavy atom. The first kappa shape index (κ1) is 21.5. The molecule has 172 valence electrons. The third-order valence-electron chi connectivity index (χ3n) is 5.12. The number of benzene rings is 2. The van der Waals surface area contributed by atoms with E-state index in [-0.39, 0.29) is 39.2 Å². The molecule has 0 unspecified atom stereocenters. The molecule has 12 heteroatoms. The van der Waals surface area contributed by atoms with Crippen molar-refractivity contribution >= 4 is 28.5 Å². The number of rotatable bonds is 3. The Balaban J connectivity index is 1.63. The van der Waals surface area contributed by atoms with Gasteiger partial charge in [0.25, 0.3) is 11.8 Å². The van der Waals surface area contributed by atoms with Gasteiger partial charge in [0, 0.05) is 18.3 Å². The summed E-state index contributed by atoms with van der Waals surface area (Å²) in [7, 11) is 0. The van der Waals surface area contributed by atoms with Gasteiger partial charge >= 0.3 is 6.36 Å². The van der Waals surface area contributed by atoms with E-state index in [4.69, 9.17) is 0 Å². The van der Waals surface area contributed by atoms with Gasteiger partial charge in [0.15, 0.2) is 5.65 Å². The van der Waals surface area contributed by atoms with Crippen molar-refractivity contribution in [2.24, 2.45) is 0 Å². The summed E-state index contributed by atoms with van der Waals surface area (Å²) in [6.45, 7) is 1.52. The highest BCUT2D eigenvalue weighted by atomic mass is 19.4. The summed E-state index contributed by atoms with van der Waals surface area (Å²) in [5.41, 5.74) is 0.0251. The van der Waals surface area contributed by atoms with Gasteiger partial charge in [0.2, 0.25) is 0 Å². The average Bonchev–Trinajstić information content (AvgIpc) is 3.20. The molecule has 1 aliphatic heterocycles. The Kier molecular flexibility index (Phi) is 4.64. The van der Waals surface area contributed by atoms with E-state index < -0.39 is 35.6 Å². The maximum absolute atomic E-state index is 13.7. The van der Waals surface area contributed by atoms with Gasteiger partial charge in [0.05, 0.1) is 33.6 Å². The molecule has 34 heavy (non-hydrogen) atoms. The van der Waals surface area contributed by atoms with E-state index in [2.05, 4.69) is 14.8 Å². The zero-order chi connectivity index (χ0) is 24.4. The van der Waals surface area contributed by atoms with Crippen LogP contribution in [0.4, 0.5) is 27.6 Å². The van der Waals surface area contributed by atoms with Gasteiger partial charge in [-0.3, -0.25) is 9.59 Å². The number of alkyl halides is 3. The number of carbonyl (C=O) groups excluding carboxylic acids is 2. The van der Waals surface area contributed by atoms with E-state index in [1.165, 1.54) is 19.1 Å². The average molecular weight is 474 g/mol. The third-order valence-corrected chi connectivity index (χ3v) is 5.12. The highest BCUT2D eigenvalue weighted by Crippen LogP contribution is 2.36. The molecule has 0 radical (unpaired) electrons. The zero-order valence-corrected chi connectivity index (χ0v) is 17.0. The molecule has 3 heterocycles. The van der Waals surface area contributed by atoms with Crippen molar-refractivity contribution in [3.63, 3.8) is 0 Å². The Labute approximate surface area is 187 Å². The first-order valence-corrected chi connectivity index (χ1v) is 9.63. The lowest BCUT2D eigenvalue weighted by atomic mass is 10.1. The van der Waals surface area contributed by atoms with Gasteiger partial charge < -0.3 is 4.74 Å². The number of ether oxygens (including phenoxy) is 1. The van der Waals surface area contributed by atoms with Crippen molar-refractivity contribution in [2.75, 3.05) is 4.90 Å². The number of anilines is 1. The number of halogens is 5. The van der Waals surface area contributed by atoms with Crippen LogP contribution in [-0.4, -0.2) is 32.9 Å². The molecular formula is C22H11F5N4O3. The second-order valence-electron chi connectivity index (χ2n) is 7.36. The Morgan fingerprint density at radius 3 is 2.32 bits per heavy atom. The zero-order valence-electron chi connectivity index (χ0n) is 17.0. The van der Waals surface area contributed by atoms with Crippen LogP contribution in [0.3, 0.4) is 0 Å². The topological polar surface area (TPSA) is 77.3 Å². The predicted molar refractivity (Wildman–Crippen MR) is 108 cm³/mol. The maximum atomic E-state index is 13.7. The molecule has 0 fully saturated rings. The van der Waals surface area contributed by atoms with E-state index in [9.17, 15) is 31.5 Å². The van der Waals surface area contributed by atoms with E-state index in [1.54, 1.807) is 0 Å². The second kappa shape index (κ2) is 7.33. The number of amides is 2. The number of hydrogen-bond donors (Lipinski definition) is 0. The van der Waals surface area contributed by atoms with E-state index >= 15 is 0 Å². The van der Waals surface area contributed by atoms with Crippen LogP contribution in [0.25, 0.3) is 16.7 Å². The number of hydrogen-bond acceptors (Lipinski definition) is 5. The van der Waals surface area contributed by atoms with Crippen molar-refractivity contribution in [2.45, 2.75) is 13.3 Å². The molecular weight excluding hydrogens is 463 g/mol. The van der Waals surface area contributed by atoms with E-state index in [0.717, 1.165) is 35.1 Å². The van der Waals surface area contributed by atoms with Gasteiger partial charge in [0.1, 0.15) is 17.4 Å². The van der Waals surface area contributed by atoms with Crippen LogP contribution in [-0.2, 0) is 0 Å². The summed E-state index contributed by atoms with van der Waals surface area (Å²) >= 11 is 0. The molecule has 0 spiro atoms. The number of pyridine rings is 1. The number of aryl methyl sites for hydroxylation is 1. The molecule has 2 aromatic heterocycles. The number of carbonyl (C=O) groups is 2. The fraction of sp³-hybridized carbons (Fsp3) is 0.0909. The number of fused-ring (bicyclic) bond motifs is 3. The monoisotopic (exact) mass is 474 g/mol. The Morgan fingerprint density at radius 1 is 0.941 bits per heavy atom. The van der Waals surface area contributed by atoms with Crippen LogP contribution < -0.4 is 9.64 Å². The first-order valence-electron chi connectivity index (χ1n) is 9.63. The summed E-state index contributed by atoms with van der Waals surface area (Å²) < 4.78 is 70.3. The van der Waals surface area contributed by atoms with Gasteiger partial charge in [-0.15, -0.1) is 13.2 Å². The van der Waals surface area contributed by atoms with Crippen LogP contribution >= 0.6 is 0 Å². The van der Waals surface area contributed by atoms with Crippen molar-refractivity contribution in [3.8, 4) is 11.4 Å². The predicted octanol–water partition coefficient (Wildman–Crippen LogP) is 4.71. The number of imide groups is 1. The fourth-order valence-corrected chi connectivity index (χ4v) is 3.86. The highest BCUT2D eigenvalue weighted by molar-refractivity contribution is 6.37. The first-order chi connectivity index (χ1) is 16.0. The number of nitrogens with zero attached hydrogens (tertiary/aromatic N) is 4. The van der Waals surface area contributed by atoms with E-state index in [0.29, 0.717) is 11.0 Å².